The number of benzene rings is 1. The van der Waals surface area contributed by atoms with Crippen LogP contribution in [0.1, 0.15) is 139 Å². The van der Waals surface area contributed by atoms with Gasteiger partial charge in [0.2, 0.25) is 17.7 Å². The third-order valence-corrected chi connectivity index (χ3v) is 9.90. The van der Waals surface area contributed by atoms with Gasteiger partial charge in [0, 0.05) is 17.9 Å². The Hall–Kier alpha value is -3.96. The van der Waals surface area contributed by atoms with Crippen molar-refractivity contribution in [2.75, 3.05) is 0 Å². The summed E-state index contributed by atoms with van der Waals surface area (Å²) in [6, 6.07) is 4.67. The maximum Gasteiger partial charge on any atom is 0.413 e. The summed E-state index contributed by atoms with van der Waals surface area (Å²) in [7, 11) is 0. The SMILES string of the molecule is CC[C@H](C)[C@H](NC(=O)Oc1ccccc1)C(=O)N[C@@H](CCC(=O)OC(C)(C)C)C(=O)N[C@@H](C)C(=O)N[C@@H](CC(C)C)C1(C=O)CCCCCCCCC1. The van der Waals surface area contributed by atoms with E-state index in [2.05, 4.69) is 35.1 Å². The molecular weight excluding hydrogens is 676 g/mol. The molecule has 0 heterocycles. The topological polar surface area (TPSA) is 169 Å². The molecule has 0 aromatic heterocycles. The van der Waals surface area contributed by atoms with E-state index in [1.54, 1.807) is 65.0 Å². The molecular formula is C41H66N4O8. The molecule has 4 N–H and O–H groups in total. The first-order chi connectivity index (χ1) is 25.0. The molecule has 0 spiro atoms. The highest BCUT2D eigenvalue weighted by Crippen LogP contribution is 2.37. The Morgan fingerprint density at radius 1 is 0.792 bits per heavy atom. The summed E-state index contributed by atoms with van der Waals surface area (Å²) in [5, 5.41) is 11.2. The highest BCUT2D eigenvalue weighted by Gasteiger charge is 2.40. The number of esters is 1. The van der Waals surface area contributed by atoms with Crippen molar-refractivity contribution in [2.45, 2.75) is 169 Å². The van der Waals surface area contributed by atoms with Crippen LogP contribution in [0.4, 0.5) is 4.79 Å². The van der Waals surface area contributed by atoms with Crippen LogP contribution in [0.5, 0.6) is 5.75 Å². The van der Waals surface area contributed by atoms with Gasteiger partial charge in [-0.25, -0.2) is 4.79 Å². The van der Waals surface area contributed by atoms with Crippen LogP contribution in [-0.4, -0.2) is 65.8 Å². The van der Waals surface area contributed by atoms with Crippen molar-refractivity contribution in [1.29, 1.82) is 0 Å². The van der Waals surface area contributed by atoms with Gasteiger partial charge < -0.3 is 35.5 Å². The molecule has 5 atom stereocenters. The summed E-state index contributed by atoms with van der Waals surface area (Å²) in [6.45, 7) is 14.5. The van der Waals surface area contributed by atoms with E-state index in [9.17, 15) is 28.8 Å². The fraction of sp³-hybridized carbons (Fsp3) is 0.707. The summed E-state index contributed by atoms with van der Waals surface area (Å²) >= 11 is 0. The number of carbonyl (C=O) groups is 6. The molecule has 1 aromatic rings. The number of hydrogen-bond acceptors (Lipinski definition) is 8. The summed E-state index contributed by atoms with van der Waals surface area (Å²) in [5.41, 5.74) is -1.46. The van der Waals surface area contributed by atoms with E-state index in [0.717, 1.165) is 44.8 Å². The number of para-hydroxylation sites is 1. The van der Waals surface area contributed by atoms with Gasteiger partial charge in [-0.3, -0.25) is 19.2 Å². The van der Waals surface area contributed by atoms with Crippen molar-refractivity contribution in [3.8, 4) is 5.75 Å². The molecule has 4 amide bonds. The van der Waals surface area contributed by atoms with Gasteiger partial charge in [-0.05, 0) is 77.3 Å². The maximum atomic E-state index is 13.8. The Kier molecular flexibility index (Phi) is 19.0. The zero-order valence-corrected chi connectivity index (χ0v) is 33.4. The molecule has 1 saturated carbocycles. The monoisotopic (exact) mass is 742 g/mol. The quantitative estimate of drug-likeness (QED) is 0.103. The van der Waals surface area contributed by atoms with Gasteiger partial charge in [0.15, 0.2) is 0 Å². The average molecular weight is 743 g/mol. The predicted molar refractivity (Wildman–Crippen MR) is 205 cm³/mol. The van der Waals surface area contributed by atoms with Crippen molar-refractivity contribution in [2.24, 2.45) is 17.3 Å². The Morgan fingerprint density at radius 3 is 1.91 bits per heavy atom. The Balaban J connectivity index is 2.27. The molecule has 53 heavy (non-hydrogen) atoms. The number of rotatable bonds is 17. The molecule has 1 fully saturated rings. The number of aldehydes is 1. The van der Waals surface area contributed by atoms with Gasteiger partial charge in [0.05, 0.1) is 0 Å². The van der Waals surface area contributed by atoms with Crippen molar-refractivity contribution in [3.05, 3.63) is 30.3 Å². The Labute approximate surface area is 317 Å². The van der Waals surface area contributed by atoms with E-state index < -0.39 is 65.0 Å². The minimum atomic E-state index is -1.24. The van der Waals surface area contributed by atoms with E-state index in [1.165, 1.54) is 6.42 Å². The highest BCUT2D eigenvalue weighted by molar-refractivity contribution is 5.94. The van der Waals surface area contributed by atoms with Crippen molar-refractivity contribution >= 4 is 36.1 Å². The lowest BCUT2D eigenvalue weighted by Gasteiger charge is -2.39. The summed E-state index contributed by atoms with van der Waals surface area (Å²) in [6.07, 6.45) is 9.79. The fourth-order valence-corrected chi connectivity index (χ4v) is 6.69. The van der Waals surface area contributed by atoms with Crippen LogP contribution in [0.3, 0.4) is 0 Å². The second-order valence-electron chi connectivity index (χ2n) is 16.1. The average Bonchev–Trinajstić information content (AvgIpc) is 3.09. The lowest BCUT2D eigenvalue weighted by atomic mass is 9.70. The third-order valence-electron chi connectivity index (χ3n) is 9.90. The molecule has 0 bridgehead atoms. The molecule has 1 aliphatic carbocycles. The molecule has 1 aromatic carbocycles. The van der Waals surface area contributed by atoms with Gasteiger partial charge in [0.25, 0.3) is 0 Å². The second kappa shape index (κ2) is 22.3. The Bertz CT molecular complexity index is 1320. The van der Waals surface area contributed by atoms with Crippen LogP contribution in [0.15, 0.2) is 30.3 Å². The number of nitrogens with one attached hydrogen (secondary N) is 4. The molecule has 0 saturated heterocycles. The van der Waals surface area contributed by atoms with Gasteiger partial charge in [-0.1, -0.05) is 97.3 Å². The van der Waals surface area contributed by atoms with E-state index in [-0.39, 0.29) is 24.7 Å². The maximum absolute atomic E-state index is 13.8. The van der Waals surface area contributed by atoms with Crippen molar-refractivity contribution in [3.63, 3.8) is 0 Å². The Morgan fingerprint density at radius 2 is 1.38 bits per heavy atom. The summed E-state index contributed by atoms with van der Waals surface area (Å²) < 4.78 is 10.8. The number of hydrogen-bond donors (Lipinski definition) is 4. The largest absolute Gasteiger partial charge is 0.460 e. The molecule has 12 heteroatoms. The number of amides is 4. The first-order valence-corrected chi connectivity index (χ1v) is 19.6. The predicted octanol–water partition coefficient (Wildman–Crippen LogP) is 6.54. The van der Waals surface area contributed by atoms with E-state index >= 15 is 0 Å². The first kappa shape index (κ1) is 45.2. The van der Waals surface area contributed by atoms with Crippen LogP contribution in [0, 0.1) is 17.3 Å². The van der Waals surface area contributed by atoms with Crippen LogP contribution >= 0.6 is 0 Å². The van der Waals surface area contributed by atoms with Crippen LogP contribution < -0.4 is 26.0 Å². The van der Waals surface area contributed by atoms with E-state index in [4.69, 9.17) is 9.47 Å². The van der Waals surface area contributed by atoms with Crippen LogP contribution in [0.2, 0.25) is 0 Å². The first-order valence-electron chi connectivity index (χ1n) is 19.6. The molecule has 2 rings (SSSR count). The van der Waals surface area contributed by atoms with E-state index in [1.807, 2.05) is 6.92 Å². The molecule has 12 nitrogen and oxygen atoms in total. The molecule has 1 aliphatic rings. The lowest BCUT2D eigenvalue weighted by molar-refractivity contribution is -0.155. The zero-order valence-electron chi connectivity index (χ0n) is 33.4. The highest BCUT2D eigenvalue weighted by atomic mass is 16.6. The molecule has 0 radical (unpaired) electrons. The summed E-state index contributed by atoms with van der Waals surface area (Å²) in [4.78, 5) is 79.7. The van der Waals surface area contributed by atoms with Gasteiger partial charge in [-0.2, -0.15) is 0 Å². The third kappa shape index (κ3) is 16.3. The number of carbonyl (C=O) groups excluding carboxylic acids is 6. The van der Waals surface area contributed by atoms with Crippen molar-refractivity contribution in [1.82, 2.24) is 21.3 Å². The van der Waals surface area contributed by atoms with Gasteiger partial charge in [0.1, 0.15) is 35.8 Å². The molecule has 0 unspecified atom stereocenters. The molecule has 0 aliphatic heterocycles. The smallest absolute Gasteiger partial charge is 0.413 e. The normalized spacial score (nSPS) is 17.8. The standard InChI is InChI=1S/C41H66N4O8/c1-9-29(4)35(45-39(51)52-31-20-16-15-17-21-31)38(50)43-32(22-23-34(47)53-40(6,7)8)37(49)42-30(5)36(48)44-33(26-28(2)3)41(27-46)24-18-13-11-10-12-14-19-25-41/h15-17,20-21,27-30,32-33,35H,9-14,18-19,22-26H2,1-8H3,(H,42,49)(H,43,50)(H,44,48)(H,45,51)/t29-,30-,32-,33-,35-/m0/s1. The minimum absolute atomic E-state index is 0.118. The van der Waals surface area contributed by atoms with E-state index in [0.29, 0.717) is 31.4 Å². The van der Waals surface area contributed by atoms with Crippen LogP contribution in [0.25, 0.3) is 0 Å². The second-order valence-corrected chi connectivity index (χ2v) is 16.1. The minimum Gasteiger partial charge on any atom is -0.460 e. The van der Waals surface area contributed by atoms with Gasteiger partial charge >= 0.3 is 12.1 Å². The fourth-order valence-electron chi connectivity index (χ4n) is 6.69. The zero-order chi connectivity index (χ0) is 39.6. The number of ether oxygens (including phenoxy) is 2. The lowest BCUT2D eigenvalue weighted by Crippen LogP contribution is -2.59. The molecule has 298 valence electrons. The van der Waals surface area contributed by atoms with Crippen molar-refractivity contribution < 1.29 is 38.2 Å². The van der Waals surface area contributed by atoms with Gasteiger partial charge in [-0.15, -0.1) is 0 Å². The summed E-state index contributed by atoms with van der Waals surface area (Å²) in [5.74, 6) is -2.16. The van der Waals surface area contributed by atoms with Crippen LogP contribution in [-0.2, 0) is 28.7 Å².